The average Bonchev–Trinajstić information content (AvgIpc) is 2.42. The smallest absolute Gasteiger partial charge is 0.328 e. The normalized spacial score (nSPS) is 10.8. The van der Waals surface area contributed by atoms with Gasteiger partial charge in [-0.25, -0.2) is 4.79 Å². The Balaban J connectivity index is 2.62. The minimum atomic E-state index is -0.646. The van der Waals surface area contributed by atoms with E-state index in [4.69, 9.17) is 0 Å². The molecule has 0 aliphatic carbocycles. The van der Waals surface area contributed by atoms with Gasteiger partial charge >= 0.3 is 5.97 Å². The van der Waals surface area contributed by atoms with Crippen LogP contribution in [0.3, 0.4) is 0 Å². The van der Waals surface area contributed by atoms with E-state index in [9.17, 15) is 9.59 Å². The van der Waals surface area contributed by atoms with Crippen LogP contribution in [-0.4, -0.2) is 25.0 Å². The molecule has 1 aromatic carbocycles. The molecule has 0 fully saturated rings. The minimum Gasteiger partial charge on any atom is -0.467 e. The molecule has 0 saturated heterocycles. The van der Waals surface area contributed by atoms with E-state index in [1.807, 2.05) is 18.2 Å². The Morgan fingerprint density at radius 1 is 1.33 bits per heavy atom. The maximum atomic E-state index is 11.5. The van der Waals surface area contributed by atoms with Gasteiger partial charge in [0, 0.05) is 11.5 Å². The van der Waals surface area contributed by atoms with Gasteiger partial charge in [0.25, 0.3) is 5.91 Å². The van der Waals surface area contributed by atoms with Crippen molar-refractivity contribution in [2.24, 2.45) is 0 Å². The molecule has 0 aromatic heterocycles. The van der Waals surface area contributed by atoms with Crippen molar-refractivity contribution in [2.45, 2.75) is 19.4 Å². The second-order valence-electron chi connectivity index (χ2n) is 3.57. The summed E-state index contributed by atoms with van der Waals surface area (Å²) in [5.41, 5.74) is 0.749. The molecule has 1 atom stereocenters. The monoisotopic (exact) mass is 245 g/mol. The Labute approximate surface area is 106 Å². The summed E-state index contributed by atoms with van der Waals surface area (Å²) in [6, 6.07) is 8.51. The molecule has 4 nitrogen and oxygen atoms in total. The number of ether oxygens (including phenoxy) is 1. The van der Waals surface area contributed by atoms with Gasteiger partial charge in [-0.2, -0.15) is 0 Å². The lowest BCUT2D eigenvalue weighted by Crippen LogP contribution is -2.40. The summed E-state index contributed by atoms with van der Waals surface area (Å²) < 4.78 is 4.57. The zero-order chi connectivity index (χ0) is 13.4. The third-order valence-electron chi connectivity index (χ3n) is 2.29. The first-order valence-electron chi connectivity index (χ1n) is 5.62. The number of esters is 1. The lowest BCUT2D eigenvalue weighted by molar-refractivity contribution is -0.144. The third-order valence-corrected chi connectivity index (χ3v) is 2.29. The van der Waals surface area contributed by atoms with Crippen molar-refractivity contribution in [2.75, 3.05) is 7.11 Å². The molecule has 1 N–H and O–H groups in total. The maximum absolute atomic E-state index is 11.5. The van der Waals surface area contributed by atoms with Gasteiger partial charge in [0.15, 0.2) is 0 Å². The SMILES string of the molecule is CCC(NC(=O)C#Cc1ccccc1)C(=O)OC. The Morgan fingerprint density at radius 3 is 2.56 bits per heavy atom. The number of rotatable bonds is 3. The molecule has 94 valence electrons. The molecule has 4 heteroatoms. The first-order chi connectivity index (χ1) is 8.67. The fourth-order valence-corrected chi connectivity index (χ4v) is 1.31. The van der Waals surface area contributed by atoms with Gasteiger partial charge in [-0.05, 0) is 18.6 Å². The van der Waals surface area contributed by atoms with E-state index in [2.05, 4.69) is 21.9 Å². The number of carbonyl (C=O) groups is 2. The Kier molecular flexibility index (Phi) is 5.46. The molecule has 1 amide bonds. The van der Waals surface area contributed by atoms with Gasteiger partial charge in [-0.1, -0.05) is 31.0 Å². The zero-order valence-corrected chi connectivity index (χ0v) is 10.4. The minimum absolute atomic E-state index is 0.464. The lowest BCUT2D eigenvalue weighted by Gasteiger charge is -2.11. The van der Waals surface area contributed by atoms with E-state index in [-0.39, 0.29) is 0 Å². The number of hydrogen-bond acceptors (Lipinski definition) is 3. The number of carbonyl (C=O) groups excluding carboxylic acids is 2. The molecule has 0 aliphatic heterocycles. The van der Waals surface area contributed by atoms with Crippen LogP contribution in [0.1, 0.15) is 18.9 Å². The van der Waals surface area contributed by atoms with Crippen molar-refractivity contribution in [3.05, 3.63) is 35.9 Å². The molecule has 1 unspecified atom stereocenters. The van der Waals surface area contributed by atoms with Crippen LogP contribution < -0.4 is 5.32 Å². The Bertz CT molecular complexity index is 471. The molecule has 1 rings (SSSR count). The first kappa shape index (κ1) is 13.8. The lowest BCUT2D eigenvalue weighted by atomic mass is 10.2. The highest BCUT2D eigenvalue weighted by molar-refractivity contribution is 5.96. The number of nitrogens with one attached hydrogen (secondary N) is 1. The van der Waals surface area contributed by atoms with E-state index >= 15 is 0 Å². The van der Waals surface area contributed by atoms with Gasteiger partial charge in [0.05, 0.1) is 7.11 Å². The molecule has 0 radical (unpaired) electrons. The van der Waals surface area contributed by atoms with Crippen LogP contribution in [0, 0.1) is 11.8 Å². The summed E-state index contributed by atoms with van der Waals surface area (Å²) in [7, 11) is 1.28. The molecule has 0 saturated carbocycles. The predicted molar refractivity (Wildman–Crippen MR) is 67.6 cm³/mol. The average molecular weight is 245 g/mol. The van der Waals surface area contributed by atoms with Crippen molar-refractivity contribution in [3.63, 3.8) is 0 Å². The predicted octanol–water partition coefficient (Wildman–Crippen LogP) is 1.11. The zero-order valence-electron chi connectivity index (χ0n) is 10.4. The summed E-state index contributed by atoms with van der Waals surface area (Å²) in [5.74, 6) is 4.20. The van der Waals surface area contributed by atoms with Crippen molar-refractivity contribution in [3.8, 4) is 11.8 Å². The van der Waals surface area contributed by atoms with Crippen LogP contribution in [0.25, 0.3) is 0 Å². The van der Waals surface area contributed by atoms with Crippen LogP contribution in [-0.2, 0) is 14.3 Å². The molecular weight excluding hydrogens is 230 g/mol. The summed E-state index contributed by atoms with van der Waals surface area (Å²) in [5, 5.41) is 2.50. The van der Waals surface area contributed by atoms with Gasteiger partial charge in [0.1, 0.15) is 6.04 Å². The van der Waals surface area contributed by atoms with Crippen LogP contribution in [0.4, 0.5) is 0 Å². The largest absolute Gasteiger partial charge is 0.467 e. The molecule has 1 aromatic rings. The van der Waals surface area contributed by atoms with Crippen molar-refractivity contribution >= 4 is 11.9 Å². The molecule has 0 heterocycles. The number of amides is 1. The van der Waals surface area contributed by atoms with Gasteiger partial charge in [0.2, 0.25) is 0 Å². The van der Waals surface area contributed by atoms with Gasteiger partial charge in [-0.15, -0.1) is 0 Å². The summed E-state index contributed by atoms with van der Waals surface area (Å²) in [4.78, 5) is 22.8. The maximum Gasteiger partial charge on any atom is 0.328 e. The van der Waals surface area contributed by atoms with Crippen LogP contribution in [0.2, 0.25) is 0 Å². The van der Waals surface area contributed by atoms with Crippen LogP contribution >= 0.6 is 0 Å². The molecule has 0 aliphatic rings. The topological polar surface area (TPSA) is 55.4 Å². The summed E-state index contributed by atoms with van der Waals surface area (Å²) in [6.07, 6.45) is 0.464. The van der Waals surface area contributed by atoms with E-state index in [0.717, 1.165) is 5.56 Å². The van der Waals surface area contributed by atoms with E-state index in [0.29, 0.717) is 6.42 Å². The summed E-state index contributed by atoms with van der Waals surface area (Å²) in [6.45, 7) is 1.78. The highest BCUT2D eigenvalue weighted by atomic mass is 16.5. The highest BCUT2D eigenvalue weighted by Crippen LogP contribution is 1.95. The van der Waals surface area contributed by atoms with Crippen molar-refractivity contribution in [1.29, 1.82) is 0 Å². The Morgan fingerprint density at radius 2 is 2.00 bits per heavy atom. The van der Waals surface area contributed by atoms with E-state index in [1.165, 1.54) is 7.11 Å². The standard InChI is InChI=1S/C14H15NO3/c1-3-12(14(17)18-2)15-13(16)10-9-11-7-5-4-6-8-11/h4-8,12H,3H2,1-2H3,(H,15,16). The second kappa shape index (κ2) is 7.13. The fourth-order valence-electron chi connectivity index (χ4n) is 1.31. The van der Waals surface area contributed by atoms with Crippen molar-refractivity contribution in [1.82, 2.24) is 5.32 Å². The van der Waals surface area contributed by atoms with Crippen LogP contribution in [0.15, 0.2) is 30.3 Å². The van der Waals surface area contributed by atoms with Crippen molar-refractivity contribution < 1.29 is 14.3 Å². The molecule has 18 heavy (non-hydrogen) atoms. The van der Waals surface area contributed by atoms with E-state index in [1.54, 1.807) is 19.1 Å². The first-order valence-corrected chi connectivity index (χ1v) is 5.62. The number of methoxy groups -OCH3 is 1. The molecule has 0 bridgehead atoms. The quantitative estimate of drug-likeness (QED) is 0.641. The Hall–Kier alpha value is -2.28. The van der Waals surface area contributed by atoms with Crippen LogP contribution in [0.5, 0.6) is 0 Å². The summed E-state index contributed by atoms with van der Waals surface area (Å²) >= 11 is 0. The number of benzene rings is 1. The molecular formula is C14H15NO3. The number of hydrogen-bond donors (Lipinski definition) is 1. The van der Waals surface area contributed by atoms with E-state index < -0.39 is 17.9 Å². The molecule has 0 spiro atoms. The van der Waals surface area contributed by atoms with Gasteiger partial charge < -0.3 is 10.1 Å². The third kappa shape index (κ3) is 4.30. The second-order valence-corrected chi connectivity index (χ2v) is 3.57. The van der Waals surface area contributed by atoms with Gasteiger partial charge in [-0.3, -0.25) is 4.79 Å². The highest BCUT2D eigenvalue weighted by Gasteiger charge is 2.17. The fraction of sp³-hybridized carbons (Fsp3) is 0.286.